The number of nitrogens with zero attached hydrogens (tertiary/aromatic N) is 2. The lowest BCUT2D eigenvalue weighted by Crippen LogP contribution is -2.38. The number of guanidine groups is 1. The first kappa shape index (κ1) is 23.6. The van der Waals surface area contributed by atoms with Crippen molar-refractivity contribution in [1.29, 1.82) is 0 Å². The van der Waals surface area contributed by atoms with Crippen molar-refractivity contribution in [3.8, 4) is 0 Å². The van der Waals surface area contributed by atoms with Crippen molar-refractivity contribution in [3.63, 3.8) is 0 Å². The second-order valence-corrected chi connectivity index (χ2v) is 7.95. The van der Waals surface area contributed by atoms with Crippen LogP contribution < -0.4 is 10.6 Å². The second kappa shape index (κ2) is 13.7. The van der Waals surface area contributed by atoms with Crippen LogP contribution in [0.2, 0.25) is 0 Å². The van der Waals surface area contributed by atoms with Gasteiger partial charge in [0.15, 0.2) is 5.96 Å². The predicted molar refractivity (Wildman–Crippen MR) is 122 cm³/mol. The number of hydrogen-bond donors (Lipinski definition) is 2. The fraction of sp³-hybridized carbons (Fsp3) is 0.789. The van der Waals surface area contributed by atoms with Crippen LogP contribution in [0, 0.1) is 13.8 Å². The van der Waals surface area contributed by atoms with E-state index in [1.165, 1.54) is 37.0 Å². The van der Waals surface area contributed by atoms with Gasteiger partial charge in [0.05, 0.1) is 16.8 Å². The molecule has 0 spiro atoms. The lowest BCUT2D eigenvalue weighted by Gasteiger charge is -2.21. The van der Waals surface area contributed by atoms with E-state index in [2.05, 4.69) is 41.4 Å². The molecular weight excluding hydrogens is 459 g/mol. The molecule has 5 nitrogen and oxygen atoms in total. The third-order valence-corrected chi connectivity index (χ3v) is 5.60. The number of aromatic nitrogens is 1. The summed E-state index contributed by atoms with van der Waals surface area (Å²) in [7, 11) is 0. The molecule has 1 heterocycles. The molecule has 0 radical (unpaired) electrons. The lowest BCUT2D eigenvalue weighted by molar-refractivity contribution is 0.0281. The van der Waals surface area contributed by atoms with Crippen LogP contribution in [-0.4, -0.2) is 43.3 Å². The van der Waals surface area contributed by atoms with Gasteiger partial charge in [-0.3, -0.25) is 4.99 Å². The normalized spacial score (nSPS) is 15.6. The van der Waals surface area contributed by atoms with Gasteiger partial charge in [-0.25, -0.2) is 4.98 Å². The van der Waals surface area contributed by atoms with Crippen LogP contribution in [0.4, 0.5) is 0 Å². The summed E-state index contributed by atoms with van der Waals surface area (Å²) in [5, 5.41) is 7.88. The van der Waals surface area contributed by atoms with E-state index in [0.29, 0.717) is 6.10 Å². The number of aliphatic imine (C=N–C) groups is 1. The largest absolute Gasteiger partial charge is 0.378 e. The van der Waals surface area contributed by atoms with E-state index in [1.807, 2.05) is 0 Å². The molecule has 7 heteroatoms. The van der Waals surface area contributed by atoms with Crippen LogP contribution in [0.1, 0.15) is 61.0 Å². The first-order valence-corrected chi connectivity index (χ1v) is 10.6. The van der Waals surface area contributed by atoms with Gasteiger partial charge in [0, 0.05) is 37.5 Å². The molecule has 2 rings (SSSR count). The van der Waals surface area contributed by atoms with Crippen LogP contribution >= 0.6 is 35.3 Å². The highest BCUT2D eigenvalue weighted by Gasteiger charge is 2.12. The third-order valence-electron chi connectivity index (χ3n) is 4.47. The molecule has 26 heavy (non-hydrogen) atoms. The number of ether oxygens (including phenoxy) is 1. The van der Waals surface area contributed by atoms with Gasteiger partial charge in [-0.2, -0.15) is 0 Å². The summed E-state index contributed by atoms with van der Waals surface area (Å²) in [6.45, 7) is 9.64. The van der Waals surface area contributed by atoms with Gasteiger partial charge in [0.2, 0.25) is 0 Å². The zero-order valence-corrected chi connectivity index (χ0v) is 19.6. The molecule has 0 saturated heterocycles. The van der Waals surface area contributed by atoms with Crippen LogP contribution in [0.3, 0.4) is 0 Å². The SMILES string of the molecule is CCNC(=NCCCOC1CCCCC1)NCCc1sc(C)nc1C.I. The standard InChI is InChI=1S/C19H34N4OS.HI/c1-4-20-19(22-13-11-18-15(2)23-16(3)25-18)21-12-8-14-24-17-9-6-5-7-10-17;/h17H,4-14H2,1-3H3,(H2,20,21,22);1H. The van der Waals surface area contributed by atoms with Gasteiger partial charge in [-0.15, -0.1) is 35.3 Å². The summed E-state index contributed by atoms with van der Waals surface area (Å²) in [5.41, 5.74) is 1.16. The summed E-state index contributed by atoms with van der Waals surface area (Å²) in [4.78, 5) is 10.5. The Morgan fingerprint density at radius 3 is 2.65 bits per heavy atom. The number of aryl methyl sites for hydroxylation is 2. The highest BCUT2D eigenvalue weighted by atomic mass is 127. The monoisotopic (exact) mass is 494 g/mol. The van der Waals surface area contributed by atoms with Gasteiger partial charge in [-0.1, -0.05) is 19.3 Å². The van der Waals surface area contributed by atoms with E-state index in [0.717, 1.165) is 55.7 Å². The van der Waals surface area contributed by atoms with Crippen molar-refractivity contribution in [1.82, 2.24) is 15.6 Å². The number of nitrogens with one attached hydrogen (secondary N) is 2. The van der Waals surface area contributed by atoms with Gasteiger partial charge in [0.1, 0.15) is 0 Å². The summed E-state index contributed by atoms with van der Waals surface area (Å²) in [6, 6.07) is 0. The Kier molecular flexibility index (Phi) is 12.5. The minimum atomic E-state index is 0. The molecule has 0 amide bonds. The molecule has 0 aromatic carbocycles. The van der Waals surface area contributed by atoms with Crippen LogP contribution in [0.25, 0.3) is 0 Å². The minimum absolute atomic E-state index is 0. The van der Waals surface area contributed by atoms with Gasteiger partial charge in [0.25, 0.3) is 0 Å². The number of hydrogen-bond acceptors (Lipinski definition) is 4. The van der Waals surface area contributed by atoms with Crippen LogP contribution in [0.5, 0.6) is 0 Å². The molecule has 2 N–H and O–H groups in total. The Morgan fingerprint density at radius 2 is 2.00 bits per heavy atom. The Morgan fingerprint density at radius 1 is 1.23 bits per heavy atom. The average molecular weight is 494 g/mol. The molecule has 1 saturated carbocycles. The lowest BCUT2D eigenvalue weighted by atomic mass is 9.98. The zero-order chi connectivity index (χ0) is 17.9. The smallest absolute Gasteiger partial charge is 0.191 e. The van der Waals surface area contributed by atoms with Crippen molar-refractivity contribution in [2.24, 2.45) is 4.99 Å². The van der Waals surface area contributed by atoms with E-state index in [1.54, 1.807) is 11.3 Å². The maximum atomic E-state index is 5.96. The fourth-order valence-corrected chi connectivity index (χ4v) is 4.12. The summed E-state index contributed by atoms with van der Waals surface area (Å²) in [6.07, 6.45) is 8.99. The number of halogens is 1. The van der Waals surface area contributed by atoms with Crippen LogP contribution in [0.15, 0.2) is 4.99 Å². The van der Waals surface area contributed by atoms with Gasteiger partial charge >= 0.3 is 0 Å². The topological polar surface area (TPSA) is 58.5 Å². The molecule has 1 fully saturated rings. The molecule has 0 unspecified atom stereocenters. The fourth-order valence-electron chi connectivity index (χ4n) is 3.18. The van der Waals surface area contributed by atoms with Gasteiger partial charge in [-0.05, 0) is 40.0 Å². The van der Waals surface area contributed by atoms with E-state index in [4.69, 9.17) is 4.74 Å². The maximum Gasteiger partial charge on any atom is 0.191 e. The first-order valence-electron chi connectivity index (χ1n) is 9.75. The van der Waals surface area contributed by atoms with Crippen molar-refractivity contribution >= 4 is 41.3 Å². The molecule has 1 aliphatic carbocycles. The van der Waals surface area contributed by atoms with E-state index in [9.17, 15) is 0 Å². The van der Waals surface area contributed by atoms with Crippen molar-refractivity contribution in [3.05, 3.63) is 15.6 Å². The predicted octanol–water partition coefficient (Wildman–Crippen LogP) is 4.21. The summed E-state index contributed by atoms with van der Waals surface area (Å²) < 4.78 is 5.96. The quantitative estimate of drug-likeness (QED) is 0.234. The molecule has 0 atom stereocenters. The third kappa shape index (κ3) is 8.99. The van der Waals surface area contributed by atoms with E-state index < -0.39 is 0 Å². The van der Waals surface area contributed by atoms with Crippen molar-refractivity contribution < 1.29 is 4.74 Å². The number of rotatable bonds is 9. The highest BCUT2D eigenvalue weighted by Crippen LogP contribution is 2.20. The first-order chi connectivity index (χ1) is 12.2. The van der Waals surface area contributed by atoms with Crippen LogP contribution in [-0.2, 0) is 11.2 Å². The molecule has 0 bridgehead atoms. The Balaban J connectivity index is 0.00000338. The summed E-state index contributed by atoms with van der Waals surface area (Å²) in [5.74, 6) is 0.902. The molecule has 1 aromatic heterocycles. The second-order valence-electron chi connectivity index (χ2n) is 6.66. The molecular formula is C19H35IN4OS. The van der Waals surface area contributed by atoms with Gasteiger partial charge < -0.3 is 15.4 Å². The summed E-state index contributed by atoms with van der Waals surface area (Å²) >= 11 is 1.79. The Labute approximate surface area is 179 Å². The van der Waals surface area contributed by atoms with E-state index >= 15 is 0 Å². The van der Waals surface area contributed by atoms with E-state index in [-0.39, 0.29) is 24.0 Å². The van der Waals surface area contributed by atoms with Crippen molar-refractivity contribution in [2.75, 3.05) is 26.2 Å². The average Bonchev–Trinajstić information content (AvgIpc) is 2.93. The molecule has 0 aliphatic heterocycles. The molecule has 150 valence electrons. The highest BCUT2D eigenvalue weighted by molar-refractivity contribution is 14.0. The Bertz CT molecular complexity index is 530. The Hall–Kier alpha value is -0.410. The maximum absolute atomic E-state index is 5.96. The zero-order valence-electron chi connectivity index (χ0n) is 16.5. The minimum Gasteiger partial charge on any atom is -0.378 e. The molecule has 1 aliphatic rings. The van der Waals surface area contributed by atoms with Crippen molar-refractivity contribution in [2.45, 2.75) is 71.8 Å². The molecule has 1 aromatic rings. The number of thiazole rings is 1.